The standard InChI is InChI=1S/C20H34N4O3.HI/c1-4-10-20(26,11-5-2)15-24-19(22-6-3)23-13-16-8-7-9-17(12-16)27-14-18(21)25;/h7-9,12,26H,4-6,10-11,13-15H2,1-3H3,(H2,21,25)(H2,22,23,24);1H. The van der Waals surface area contributed by atoms with Crippen molar-refractivity contribution in [2.24, 2.45) is 10.7 Å². The van der Waals surface area contributed by atoms with E-state index in [1.54, 1.807) is 6.07 Å². The van der Waals surface area contributed by atoms with E-state index >= 15 is 0 Å². The molecule has 0 atom stereocenters. The molecule has 0 saturated heterocycles. The van der Waals surface area contributed by atoms with Gasteiger partial charge in [-0.3, -0.25) is 4.79 Å². The Kier molecular flexibility index (Phi) is 13.6. The van der Waals surface area contributed by atoms with Crippen molar-refractivity contribution in [2.45, 2.75) is 58.6 Å². The van der Waals surface area contributed by atoms with Crippen molar-refractivity contribution in [2.75, 3.05) is 19.7 Å². The molecule has 0 aliphatic rings. The smallest absolute Gasteiger partial charge is 0.255 e. The maximum absolute atomic E-state index is 10.8. The molecule has 0 aromatic heterocycles. The number of nitrogens with two attached hydrogens (primary N) is 1. The normalized spacial score (nSPS) is 11.5. The highest BCUT2D eigenvalue weighted by atomic mass is 127. The molecule has 1 rings (SSSR count). The van der Waals surface area contributed by atoms with E-state index in [0.29, 0.717) is 24.8 Å². The zero-order chi connectivity index (χ0) is 20.1. The number of primary amides is 1. The van der Waals surface area contributed by atoms with Gasteiger partial charge < -0.3 is 26.2 Å². The van der Waals surface area contributed by atoms with Gasteiger partial charge in [-0.1, -0.05) is 38.8 Å². The second-order valence-corrected chi connectivity index (χ2v) is 6.68. The van der Waals surface area contributed by atoms with Crippen LogP contribution in [0.5, 0.6) is 5.75 Å². The van der Waals surface area contributed by atoms with Gasteiger partial charge in [-0.05, 0) is 37.5 Å². The van der Waals surface area contributed by atoms with Crippen molar-refractivity contribution in [1.29, 1.82) is 0 Å². The fraction of sp³-hybridized carbons (Fsp3) is 0.600. The molecular formula is C20H35IN4O3. The van der Waals surface area contributed by atoms with Crippen LogP contribution in [0.4, 0.5) is 0 Å². The lowest BCUT2D eigenvalue weighted by Crippen LogP contribution is -2.47. The number of carbonyl (C=O) groups is 1. The Morgan fingerprint density at radius 2 is 1.89 bits per heavy atom. The zero-order valence-electron chi connectivity index (χ0n) is 17.2. The second-order valence-electron chi connectivity index (χ2n) is 6.68. The van der Waals surface area contributed by atoms with Crippen molar-refractivity contribution < 1.29 is 14.6 Å². The topological polar surface area (TPSA) is 109 Å². The summed E-state index contributed by atoms with van der Waals surface area (Å²) in [6.07, 6.45) is 3.38. The third-order valence-corrected chi connectivity index (χ3v) is 4.06. The number of amides is 1. The van der Waals surface area contributed by atoms with E-state index in [4.69, 9.17) is 10.5 Å². The van der Waals surface area contributed by atoms with E-state index in [1.165, 1.54) is 0 Å². The summed E-state index contributed by atoms with van der Waals surface area (Å²) in [6, 6.07) is 7.40. The quantitative estimate of drug-likeness (QED) is 0.198. The minimum atomic E-state index is -0.720. The molecule has 0 saturated carbocycles. The van der Waals surface area contributed by atoms with Crippen molar-refractivity contribution in [3.63, 3.8) is 0 Å². The van der Waals surface area contributed by atoms with Crippen molar-refractivity contribution in [1.82, 2.24) is 10.6 Å². The number of rotatable bonds is 12. The summed E-state index contributed by atoms with van der Waals surface area (Å²) < 4.78 is 5.32. The van der Waals surface area contributed by atoms with Crippen LogP contribution in [0.1, 0.15) is 52.0 Å². The number of nitrogens with zero attached hydrogens (tertiary/aromatic N) is 1. The molecule has 0 fully saturated rings. The van der Waals surface area contributed by atoms with Crippen LogP contribution in [-0.2, 0) is 11.3 Å². The maximum Gasteiger partial charge on any atom is 0.255 e. The Morgan fingerprint density at radius 1 is 1.21 bits per heavy atom. The average molecular weight is 506 g/mol. The first-order valence-corrected chi connectivity index (χ1v) is 9.67. The number of guanidine groups is 1. The molecule has 7 nitrogen and oxygen atoms in total. The Balaban J connectivity index is 0.00000729. The van der Waals surface area contributed by atoms with Crippen LogP contribution in [0, 0.1) is 0 Å². The minimum Gasteiger partial charge on any atom is -0.484 e. The molecule has 0 radical (unpaired) electrons. The van der Waals surface area contributed by atoms with E-state index in [0.717, 1.165) is 37.8 Å². The van der Waals surface area contributed by atoms with Crippen LogP contribution in [0.25, 0.3) is 0 Å². The lowest BCUT2D eigenvalue weighted by Gasteiger charge is -2.28. The van der Waals surface area contributed by atoms with Gasteiger partial charge in [0.1, 0.15) is 5.75 Å². The second kappa shape index (κ2) is 14.4. The summed E-state index contributed by atoms with van der Waals surface area (Å²) in [5.41, 5.74) is 5.33. The lowest BCUT2D eigenvalue weighted by atomic mass is 9.93. The number of hydrogen-bond donors (Lipinski definition) is 4. The van der Waals surface area contributed by atoms with Gasteiger partial charge in [0, 0.05) is 13.1 Å². The zero-order valence-corrected chi connectivity index (χ0v) is 19.5. The van der Waals surface area contributed by atoms with E-state index in [1.807, 2.05) is 25.1 Å². The van der Waals surface area contributed by atoms with Crippen LogP contribution in [0.3, 0.4) is 0 Å². The Morgan fingerprint density at radius 3 is 2.46 bits per heavy atom. The summed E-state index contributed by atoms with van der Waals surface area (Å²) in [4.78, 5) is 15.4. The monoisotopic (exact) mass is 506 g/mol. The molecule has 160 valence electrons. The predicted molar refractivity (Wildman–Crippen MR) is 124 cm³/mol. The molecule has 5 N–H and O–H groups in total. The molecule has 1 amide bonds. The minimum absolute atomic E-state index is 0. The molecule has 8 heteroatoms. The van der Waals surface area contributed by atoms with Gasteiger partial charge in [-0.2, -0.15) is 0 Å². The number of hydrogen-bond acceptors (Lipinski definition) is 4. The summed E-state index contributed by atoms with van der Waals surface area (Å²) in [5, 5.41) is 17.2. The molecule has 0 spiro atoms. The summed E-state index contributed by atoms with van der Waals surface area (Å²) in [5.74, 6) is 0.731. The third kappa shape index (κ3) is 10.7. The Bertz CT molecular complexity index is 605. The highest BCUT2D eigenvalue weighted by molar-refractivity contribution is 14.0. The average Bonchev–Trinajstić information content (AvgIpc) is 2.63. The molecule has 1 aromatic carbocycles. The fourth-order valence-corrected chi connectivity index (χ4v) is 2.88. The van der Waals surface area contributed by atoms with Gasteiger partial charge >= 0.3 is 0 Å². The summed E-state index contributed by atoms with van der Waals surface area (Å²) in [7, 11) is 0. The Hall–Kier alpha value is -1.55. The molecular weight excluding hydrogens is 471 g/mol. The number of nitrogens with one attached hydrogen (secondary N) is 2. The van der Waals surface area contributed by atoms with Gasteiger partial charge in [0.2, 0.25) is 0 Å². The molecule has 0 aliphatic heterocycles. The predicted octanol–water partition coefficient (Wildman–Crippen LogP) is 2.56. The summed E-state index contributed by atoms with van der Waals surface area (Å²) in [6.45, 7) is 7.64. The molecule has 0 bridgehead atoms. The first-order chi connectivity index (χ1) is 12.9. The number of halogens is 1. The van der Waals surface area contributed by atoms with Crippen LogP contribution in [0.15, 0.2) is 29.3 Å². The van der Waals surface area contributed by atoms with Crippen molar-refractivity contribution in [3.05, 3.63) is 29.8 Å². The number of aliphatic hydroxyl groups is 1. The maximum atomic E-state index is 10.8. The molecule has 0 heterocycles. The van der Waals surface area contributed by atoms with E-state index in [-0.39, 0.29) is 30.6 Å². The first-order valence-electron chi connectivity index (χ1n) is 9.67. The highest BCUT2D eigenvalue weighted by Crippen LogP contribution is 2.18. The molecule has 0 unspecified atom stereocenters. The van der Waals surface area contributed by atoms with Gasteiger partial charge in [0.25, 0.3) is 5.91 Å². The molecule has 28 heavy (non-hydrogen) atoms. The lowest BCUT2D eigenvalue weighted by molar-refractivity contribution is -0.119. The first kappa shape index (κ1) is 26.4. The van der Waals surface area contributed by atoms with Gasteiger partial charge in [0.15, 0.2) is 12.6 Å². The largest absolute Gasteiger partial charge is 0.484 e. The van der Waals surface area contributed by atoms with E-state index in [2.05, 4.69) is 29.5 Å². The van der Waals surface area contributed by atoms with Crippen LogP contribution >= 0.6 is 24.0 Å². The summed E-state index contributed by atoms with van der Waals surface area (Å²) >= 11 is 0. The number of carbonyl (C=O) groups excluding carboxylic acids is 1. The van der Waals surface area contributed by atoms with Crippen LogP contribution < -0.4 is 21.1 Å². The van der Waals surface area contributed by atoms with E-state index in [9.17, 15) is 9.90 Å². The number of benzene rings is 1. The Labute approximate surface area is 185 Å². The number of aliphatic imine (C=N–C) groups is 1. The molecule has 1 aromatic rings. The van der Waals surface area contributed by atoms with Gasteiger partial charge in [-0.15, -0.1) is 24.0 Å². The fourth-order valence-electron chi connectivity index (χ4n) is 2.88. The molecule has 0 aliphatic carbocycles. The van der Waals surface area contributed by atoms with Crippen molar-refractivity contribution in [3.8, 4) is 5.75 Å². The van der Waals surface area contributed by atoms with Crippen LogP contribution in [0.2, 0.25) is 0 Å². The SMILES string of the molecule is CCCC(O)(CCC)CNC(=NCc1cccc(OCC(N)=O)c1)NCC.I. The third-order valence-electron chi connectivity index (χ3n) is 4.06. The van der Waals surface area contributed by atoms with Crippen LogP contribution in [-0.4, -0.2) is 42.3 Å². The van der Waals surface area contributed by atoms with E-state index < -0.39 is 11.5 Å². The van der Waals surface area contributed by atoms with Crippen molar-refractivity contribution >= 4 is 35.8 Å². The number of ether oxygens (including phenoxy) is 1. The highest BCUT2D eigenvalue weighted by Gasteiger charge is 2.24. The van der Waals surface area contributed by atoms with Gasteiger partial charge in [-0.25, -0.2) is 4.99 Å². The van der Waals surface area contributed by atoms with Gasteiger partial charge in [0.05, 0.1) is 12.1 Å².